The maximum atomic E-state index is 13.5. The summed E-state index contributed by atoms with van der Waals surface area (Å²) in [5.74, 6) is 0.446. The summed E-state index contributed by atoms with van der Waals surface area (Å²) in [6.45, 7) is 2.24. The van der Waals surface area contributed by atoms with Crippen molar-refractivity contribution in [3.63, 3.8) is 0 Å². The van der Waals surface area contributed by atoms with Crippen LogP contribution in [0.4, 0.5) is 4.39 Å². The van der Waals surface area contributed by atoms with Crippen LogP contribution < -0.4 is 15.8 Å². The Labute approximate surface area is 141 Å². The van der Waals surface area contributed by atoms with Gasteiger partial charge in [0.2, 0.25) is 5.91 Å². The average Bonchev–Trinajstić information content (AvgIpc) is 2.50. The molecule has 2 atom stereocenters. The van der Waals surface area contributed by atoms with Gasteiger partial charge in [-0.25, -0.2) is 4.39 Å². The molecule has 126 valence electrons. The number of hydrogen-bond acceptors (Lipinski definition) is 4. The Balaban J connectivity index is 0.00000441. The molecule has 22 heavy (non-hydrogen) atoms. The number of ether oxygens (including phenoxy) is 1. The molecule has 7 heteroatoms. The van der Waals surface area contributed by atoms with Gasteiger partial charge in [-0.15, -0.1) is 12.4 Å². The molecule has 1 unspecified atom stereocenters. The summed E-state index contributed by atoms with van der Waals surface area (Å²) in [7, 11) is 0. The summed E-state index contributed by atoms with van der Waals surface area (Å²) in [6, 6.07) is 5.73. The first kappa shape index (κ1) is 21.0. The molecule has 3 N–H and O–H groups in total. The molecule has 0 bridgehead atoms. The van der Waals surface area contributed by atoms with E-state index in [1.54, 1.807) is 30.0 Å². The van der Waals surface area contributed by atoms with Crippen LogP contribution >= 0.6 is 24.2 Å². The normalized spacial score (nSPS) is 12.9. The Morgan fingerprint density at radius 1 is 1.45 bits per heavy atom. The predicted molar refractivity (Wildman–Crippen MR) is 92.3 cm³/mol. The fraction of sp³-hybridized carbons (Fsp3) is 0.533. The Morgan fingerprint density at radius 2 is 2.14 bits per heavy atom. The van der Waals surface area contributed by atoms with Gasteiger partial charge in [0.05, 0.1) is 12.6 Å². The van der Waals surface area contributed by atoms with Crippen LogP contribution in [-0.2, 0) is 4.79 Å². The van der Waals surface area contributed by atoms with Crippen molar-refractivity contribution < 1.29 is 13.9 Å². The number of benzene rings is 1. The lowest BCUT2D eigenvalue weighted by Gasteiger charge is -2.19. The molecule has 0 saturated carbocycles. The third kappa shape index (κ3) is 7.33. The monoisotopic (exact) mass is 350 g/mol. The zero-order chi connectivity index (χ0) is 15.7. The third-order valence-electron chi connectivity index (χ3n) is 3.06. The lowest BCUT2D eigenvalue weighted by atomic mass is 10.2. The van der Waals surface area contributed by atoms with Crippen molar-refractivity contribution in [3.05, 3.63) is 30.1 Å². The van der Waals surface area contributed by atoms with Crippen LogP contribution in [0.3, 0.4) is 0 Å². The summed E-state index contributed by atoms with van der Waals surface area (Å²) in [5.41, 5.74) is 5.78. The molecule has 0 aliphatic heterocycles. The van der Waals surface area contributed by atoms with Crippen LogP contribution in [0.15, 0.2) is 24.3 Å². The highest BCUT2D eigenvalue weighted by Gasteiger charge is 2.16. The lowest BCUT2D eigenvalue weighted by molar-refractivity contribution is -0.122. The third-order valence-corrected chi connectivity index (χ3v) is 3.70. The highest BCUT2D eigenvalue weighted by molar-refractivity contribution is 7.98. The number of carbonyl (C=O) groups excluding carboxylic acids is 1. The van der Waals surface area contributed by atoms with Gasteiger partial charge < -0.3 is 15.8 Å². The molecule has 1 aromatic carbocycles. The molecule has 0 aliphatic carbocycles. The van der Waals surface area contributed by atoms with Gasteiger partial charge in [0.15, 0.2) is 11.6 Å². The number of thioether (sulfide) groups is 1. The molecule has 4 nitrogen and oxygen atoms in total. The second kappa shape index (κ2) is 11.6. The fourth-order valence-electron chi connectivity index (χ4n) is 1.71. The standard InChI is InChI=1S/C15H23FN2O2S.ClH/c1-3-11(20-14-7-5-4-6-12(14)16)10-18-15(19)13(17)8-9-21-2;/h4-7,11,13H,3,8-10,17H2,1-2H3,(H,18,19);1H/t11?,13-;/m0./s1. The molecule has 0 saturated heterocycles. The van der Waals surface area contributed by atoms with E-state index in [1.807, 2.05) is 13.2 Å². The van der Waals surface area contributed by atoms with Crippen LogP contribution in [0.25, 0.3) is 0 Å². The molecule has 0 aromatic heterocycles. The van der Waals surface area contributed by atoms with E-state index in [-0.39, 0.29) is 30.2 Å². The lowest BCUT2D eigenvalue weighted by Crippen LogP contribution is -2.44. The van der Waals surface area contributed by atoms with Gasteiger partial charge in [-0.1, -0.05) is 19.1 Å². The van der Waals surface area contributed by atoms with E-state index >= 15 is 0 Å². The van der Waals surface area contributed by atoms with E-state index in [9.17, 15) is 9.18 Å². The van der Waals surface area contributed by atoms with Crippen molar-refractivity contribution in [1.82, 2.24) is 5.32 Å². The number of para-hydroxylation sites is 1. The van der Waals surface area contributed by atoms with Crippen LogP contribution in [0.2, 0.25) is 0 Å². The minimum absolute atomic E-state index is 0. The van der Waals surface area contributed by atoms with Gasteiger partial charge in [0.1, 0.15) is 6.10 Å². The average molecular weight is 351 g/mol. The van der Waals surface area contributed by atoms with Crippen molar-refractivity contribution in [2.24, 2.45) is 5.73 Å². The predicted octanol–water partition coefficient (Wildman–Crippen LogP) is 2.60. The van der Waals surface area contributed by atoms with Crippen molar-refractivity contribution in [2.75, 3.05) is 18.6 Å². The van der Waals surface area contributed by atoms with Crippen molar-refractivity contribution >= 4 is 30.1 Å². The number of hydrogen-bond donors (Lipinski definition) is 2. The first-order chi connectivity index (χ1) is 10.1. The SMILES string of the molecule is CCC(CNC(=O)[C@@H](N)CCSC)Oc1ccccc1F.Cl. The highest BCUT2D eigenvalue weighted by Crippen LogP contribution is 2.17. The topological polar surface area (TPSA) is 64.4 Å². The summed E-state index contributed by atoms with van der Waals surface area (Å²) in [6.07, 6.45) is 2.99. The number of nitrogens with two attached hydrogens (primary N) is 1. The number of rotatable bonds is 9. The van der Waals surface area contributed by atoms with Gasteiger partial charge in [0, 0.05) is 0 Å². The largest absolute Gasteiger partial charge is 0.486 e. The van der Waals surface area contributed by atoms with E-state index in [0.29, 0.717) is 19.4 Å². The highest BCUT2D eigenvalue weighted by atomic mass is 35.5. The molecule has 0 aliphatic rings. The second-order valence-corrected chi connectivity index (χ2v) is 5.70. The zero-order valence-electron chi connectivity index (χ0n) is 12.9. The van der Waals surface area contributed by atoms with Gasteiger partial charge in [-0.3, -0.25) is 4.79 Å². The molecular formula is C15H24ClFN2O2S. The fourth-order valence-corrected chi connectivity index (χ4v) is 2.20. The van der Waals surface area contributed by atoms with Crippen molar-refractivity contribution in [2.45, 2.75) is 31.9 Å². The Hall–Kier alpha value is -0.980. The molecular weight excluding hydrogens is 327 g/mol. The first-order valence-corrected chi connectivity index (χ1v) is 8.41. The van der Waals surface area contributed by atoms with Crippen molar-refractivity contribution in [3.8, 4) is 5.75 Å². The minimum atomic E-state index is -0.511. The van der Waals surface area contributed by atoms with Crippen LogP contribution in [0.1, 0.15) is 19.8 Å². The van der Waals surface area contributed by atoms with Crippen LogP contribution in [-0.4, -0.2) is 36.6 Å². The van der Waals surface area contributed by atoms with Crippen LogP contribution in [0, 0.1) is 5.82 Å². The summed E-state index contributed by atoms with van der Waals surface area (Å²) < 4.78 is 19.1. The van der Waals surface area contributed by atoms with Gasteiger partial charge in [0.25, 0.3) is 0 Å². The van der Waals surface area contributed by atoms with E-state index in [1.165, 1.54) is 6.07 Å². The summed E-state index contributed by atoms with van der Waals surface area (Å²) in [4.78, 5) is 11.8. The molecule has 1 rings (SSSR count). The van der Waals surface area contributed by atoms with E-state index in [0.717, 1.165) is 5.75 Å². The van der Waals surface area contributed by atoms with E-state index < -0.39 is 11.9 Å². The number of nitrogens with one attached hydrogen (secondary N) is 1. The quantitative estimate of drug-likeness (QED) is 0.718. The summed E-state index contributed by atoms with van der Waals surface area (Å²) in [5, 5.41) is 2.76. The smallest absolute Gasteiger partial charge is 0.237 e. The summed E-state index contributed by atoms with van der Waals surface area (Å²) >= 11 is 1.65. The minimum Gasteiger partial charge on any atom is -0.486 e. The maximum absolute atomic E-state index is 13.5. The molecule has 1 amide bonds. The maximum Gasteiger partial charge on any atom is 0.237 e. The van der Waals surface area contributed by atoms with Gasteiger partial charge in [-0.2, -0.15) is 11.8 Å². The molecule has 0 radical (unpaired) electrons. The van der Waals surface area contributed by atoms with E-state index in [2.05, 4.69) is 5.32 Å². The zero-order valence-corrected chi connectivity index (χ0v) is 14.5. The van der Waals surface area contributed by atoms with Crippen molar-refractivity contribution in [1.29, 1.82) is 0 Å². The first-order valence-electron chi connectivity index (χ1n) is 7.01. The van der Waals surface area contributed by atoms with Gasteiger partial charge in [-0.05, 0) is 37.0 Å². The Bertz CT molecular complexity index is 451. The molecule has 1 aromatic rings. The molecule has 0 heterocycles. The molecule has 0 fully saturated rings. The van der Waals surface area contributed by atoms with E-state index in [4.69, 9.17) is 10.5 Å². The number of halogens is 2. The Kier molecular flexibility index (Phi) is 11.1. The van der Waals surface area contributed by atoms with Gasteiger partial charge >= 0.3 is 0 Å². The van der Waals surface area contributed by atoms with Crippen LogP contribution in [0.5, 0.6) is 5.75 Å². The Morgan fingerprint density at radius 3 is 2.73 bits per heavy atom. The number of amides is 1. The molecule has 0 spiro atoms. The number of carbonyl (C=O) groups is 1. The second-order valence-electron chi connectivity index (χ2n) is 4.71.